The summed E-state index contributed by atoms with van der Waals surface area (Å²) < 4.78 is 11.0. The average molecular weight is 267 g/mol. The number of aromatic nitrogens is 1. The van der Waals surface area contributed by atoms with Gasteiger partial charge in [-0.3, -0.25) is 4.90 Å². The van der Waals surface area contributed by atoms with E-state index in [4.69, 9.17) is 9.26 Å². The fourth-order valence-corrected chi connectivity index (χ4v) is 2.27. The summed E-state index contributed by atoms with van der Waals surface area (Å²) in [5.74, 6) is 0.939. The zero-order valence-electron chi connectivity index (χ0n) is 12.2. The molecule has 1 saturated heterocycles. The van der Waals surface area contributed by atoms with Crippen molar-refractivity contribution in [3.63, 3.8) is 0 Å². The zero-order chi connectivity index (χ0) is 13.7. The van der Waals surface area contributed by atoms with Crippen LogP contribution >= 0.6 is 0 Å². The van der Waals surface area contributed by atoms with Crippen molar-refractivity contribution in [1.82, 2.24) is 15.4 Å². The van der Waals surface area contributed by atoms with E-state index in [1.54, 1.807) is 0 Å². The van der Waals surface area contributed by atoms with Crippen molar-refractivity contribution in [3.05, 3.63) is 17.5 Å². The van der Waals surface area contributed by atoms with Gasteiger partial charge in [0, 0.05) is 38.3 Å². The van der Waals surface area contributed by atoms with E-state index < -0.39 is 0 Å². The fourth-order valence-electron chi connectivity index (χ4n) is 2.27. The third-order valence-corrected chi connectivity index (χ3v) is 3.21. The molecule has 1 unspecified atom stereocenters. The average Bonchev–Trinajstić information content (AvgIpc) is 2.69. The second-order valence-corrected chi connectivity index (χ2v) is 5.59. The van der Waals surface area contributed by atoms with Crippen LogP contribution in [0.1, 0.15) is 38.6 Å². The van der Waals surface area contributed by atoms with Gasteiger partial charge >= 0.3 is 0 Å². The van der Waals surface area contributed by atoms with E-state index in [-0.39, 0.29) is 0 Å². The highest BCUT2D eigenvalue weighted by Crippen LogP contribution is 2.11. The molecular formula is C14H25N3O2. The highest BCUT2D eigenvalue weighted by atomic mass is 16.5. The van der Waals surface area contributed by atoms with Gasteiger partial charge in [0.15, 0.2) is 5.76 Å². The number of hydrogen-bond acceptors (Lipinski definition) is 5. The smallest absolute Gasteiger partial charge is 0.151 e. The van der Waals surface area contributed by atoms with Crippen LogP contribution in [-0.2, 0) is 17.8 Å². The number of nitrogens with one attached hydrogen (secondary N) is 1. The first-order chi connectivity index (χ1) is 9.13. The minimum absolute atomic E-state index is 0.299. The molecule has 108 valence electrons. The first-order valence-corrected chi connectivity index (χ1v) is 7.15. The summed E-state index contributed by atoms with van der Waals surface area (Å²) in [6.07, 6.45) is 1.38. The zero-order valence-corrected chi connectivity index (χ0v) is 12.2. The Labute approximate surface area is 115 Å². The second kappa shape index (κ2) is 7.03. The number of rotatable bonds is 5. The Morgan fingerprint density at radius 1 is 1.53 bits per heavy atom. The lowest BCUT2D eigenvalue weighted by Gasteiger charge is -2.19. The van der Waals surface area contributed by atoms with E-state index in [2.05, 4.69) is 36.1 Å². The monoisotopic (exact) mass is 267 g/mol. The molecule has 5 nitrogen and oxygen atoms in total. The summed E-state index contributed by atoms with van der Waals surface area (Å²) in [5, 5.41) is 7.44. The van der Waals surface area contributed by atoms with Gasteiger partial charge in [-0.05, 0) is 13.3 Å². The Morgan fingerprint density at radius 3 is 3.16 bits per heavy atom. The van der Waals surface area contributed by atoms with Crippen molar-refractivity contribution in [2.24, 2.45) is 0 Å². The van der Waals surface area contributed by atoms with Gasteiger partial charge in [-0.2, -0.15) is 0 Å². The van der Waals surface area contributed by atoms with Crippen LogP contribution in [0.4, 0.5) is 0 Å². The SMILES string of the molecule is CC(C)NCc1cc(CN2CCCOC(C)C2)on1. The third kappa shape index (κ3) is 4.93. The molecule has 1 aromatic heterocycles. The predicted molar refractivity (Wildman–Crippen MR) is 73.8 cm³/mol. The van der Waals surface area contributed by atoms with Gasteiger partial charge in [-0.1, -0.05) is 19.0 Å². The van der Waals surface area contributed by atoms with E-state index in [0.29, 0.717) is 12.1 Å². The van der Waals surface area contributed by atoms with E-state index >= 15 is 0 Å². The van der Waals surface area contributed by atoms with Crippen molar-refractivity contribution < 1.29 is 9.26 Å². The summed E-state index contributed by atoms with van der Waals surface area (Å²) in [4.78, 5) is 2.37. The molecule has 0 saturated carbocycles. The van der Waals surface area contributed by atoms with Crippen molar-refractivity contribution in [3.8, 4) is 0 Å². The van der Waals surface area contributed by atoms with Gasteiger partial charge in [-0.15, -0.1) is 0 Å². The Morgan fingerprint density at radius 2 is 2.37 bits per heavy atom. The first-order valence-electron chi connectivity index (χ1n) is 7.15. The normalized spacial score (nSPS) is 21.8. The summed E-state index contributed by atoms with van der Waals surface area (Å²) >= 11 is 0. The maximum atomic E-state index is 5.64. The Hall–Kier alpha value is -0.910. The fraction of sp³-hybridized carbons (Fsp3) is 0.786. The maximum Gasteiger partial charge on any atom is 0.151 e. The molecule has 0 aliphatic carbocycles. The maximum absolute atomic E-state index is 5.64. The number of ether oxygens (including phenoxy) is 1. The summed E-state index contributed by atoms with van der Waals surface area (Å²) in [6, 6.07) is 2.51. The van der Waals surface area contributed by atoms with Crippen LogP contribution in [0.2, 0.25) is 0 Å². The minimum atomic E-state index is 0.299. The molecular weight excluding hydrogens is 242 g/mol. The van der Waals surface area contributed by atoms with E-state index in [1.165, 1.54) is 0 Å². The molecule has 0 amide bonds. The van der Waals surface area contributed by atoms with E-state index in [0.717, 1.165) is 50.7 Å². The second-order valence-electron chi connectivity index (χ2n) is 5.59. The third-order valence-electron chi connectivity index (χ3n) is 3.21. The molecule has 1 N–H and O–H groups in total. The van der Waals surface area contributed by atoms with Crippen LogP contribution in [0, 0.1) is 0 Å². The molecule has 0 spiro atoms. The molecule has 1 aliphatic heterocycles. The van der Waals surface area contributed by atoms with E-state index in [1.807, 2.05) is 6.07 Å². The van der Waals surface area contributed by atoms with Crippen molar-refractivity contribution >= 4 is 0 Å². The molecule has 0 aromatic carbocycles. The summed E-state index contributed by atoms with van der Waals surface area (Å²) in [6.45, 7) is 10.8. The highest BCUT2D eigenvalue weighted by Gasteiger charge is 2.17. The van der Waals surface area contributed by atoms with Gasteiger partial charge in [0.25, 0.3) is 0 Å². The number of nitrogens with zero attached hydrogens (tertiary/aromatic N) is 2. The van der Waals surface area contributed by atoms with E-state index in [9.17, 15) is 0 Å². The van der Waals surface area contributed by atoms with Crippen LogP contribution < -0.4 is 5.32 Å². The van der Waals surface area contributed by atoms with Crippen LogP contribution in [0.25, 0.3) is 0 Å². The molecule has 19 heavy (non-hydrogen) atoms. The van der Waals surface area contributed by atoms with Gasteiger partial charge in [0.05, 0.1) is 18.3 Å². The molecule has 1 aromatic rings. The van der Waals surface area contributed by atoms with Crippen LogP contribution in [0.3, 0.4) is 0 Å². The number of hydrogen-bond donors (Lipinski definition) is 1. The van der Waals surface area contributed by atoms with Crippen LogP contribution in [0.15, 0.2) is 10.6 Å². The van der Waals surface area contributed by atoms with Crippen molar-refractivity contribution in [1.29, 1.82) is 0 Å². The lowest BCUT2D eigenvalue weighted by molar-refractivity contribution is 0.0655. The molecule has 0 radical (unpaired) electrons. The van der Waals surface area contributed by atoms with Gasteiger partial charge in [0.1, 0.15) is 0 Å². The largest absolute Gasteiger partial charge is 0.377 e. The first kappa shape index (κ1) is 14.5. The Kier molecular flexibility index (Phi) is 5.36. The highest BCUT2D eigenvalue weighted by molar-refractivity contribution is 5.05. The molecule has 2 rings (SSSR count). The van der Waals surface area contributed by atoms with Crippen molar-refractivity contribution in [2.45, 2.75) is 52.4 Å². The minimum Gasteiger partial charge on any atom is -0.377 e. The molecule has 0 bridgehead atoms. The lowest BCUT2D eigenvalue weighted by Crippen LogP contribution is -2.29. The van der Waals surface area contributed by atoms with Crippen LogP contribution in [0.5, 0.6) is 0 Å². The van der Waals surface area contributed by atoms with Gasteiger partial charge in [0.2, 0.25) is 0 Å². The standard InChI is InChI=1S/C14H25N3O2/c1-11(2)15-8-13-7-14(19-16-13)10-17-5-4-6-18-12(3)9-17/h7,11-12,15H,4-6,8-10H2,1-3H3. The summed E-state index contributed by atoms with van der Waals surface area (Å²) in [7, 11) is 0. The van der Waals surface area contributed by atoms with Crippen LogP contribution in [-0.4, -0.2) is 41.9 Å². The lowest BCUT2D eigenvalue weighted by atomic mass is 10.3. The molecule has 5 heteroatoms. The molecule has 2 heterocycles. The molecule has 1 atom stereocenters. The summed E-state index contributed by atoms with van der Waals surface area (Å²) in [5.41, 5.74) is 0.975. The molecule has 1 aliphatic rings. The van der Waals surface area contributed by atoms with Gasteiger partial charge < -0.3 is 14.6 Å². The Bertz CT molecular complexity index is 379. The molecule has 1 fully saturated rings. The quantitative estimate of drug-likeness (QED) is 0.881. The van der Waals surface area contributed by atoms with Gasteiger partial charge in [-0.25, -0.2) is 0 Å². The Balaban J connectivity index is 1.84. The van der Waals surface area contributed by atoms with Crippen molar-refractivity contribution in [2.75, 3.05) is 19.7 Å². The topological polar surface area (TPSA) is 50.5 Å². The predicted octanol–water partition coefficient (Wildman–Crippen LogP) is 1.78.